The van der Waals surface area contributed by atoms with Crippen LogP contribution in [0.2, 0.25) is 0 Å². The Labute approximate surface area is 120 Å². The van der Waals surface area contributed by atoms with Gasteiger partial charge in [-0.05, 0) is 17.5 Å². The van der Waals surface area contributed by atoms with E-state index in [4.69, 9.17) is 5.11 Å². The van der Waals surface area contributed by atoms with Gasteiger partial charge in [0.05, 0.1) is 0 Å². The fourth-order valence-corrected chi connectivity index (χ4v) is 1.71. The molecule has 3 nitrogen and oxygen atoms in total. The average Bonchev–Trinajstić information content (AvgIpc) is 2.69. The van der Waals surface area contributed by atoms with Gasteiger partial charge in [0.2, 0.25) is 5.91 Å². The summed E-state index contributed by atoms with van der Waals surface area (Å²) in [5, 5.41) is 11.1. The summed E-state index contributed by atoms with van der Waals surface area (Å²) in [5.74, 6) is -0.158. The van der Waals surface area contributed by atoms with E-state index in [1.807, 2.05) is 30.3 Å². The number of aliphatic hydroxyl groups is 1. The summed E-state index contributed by atoms with van der Waals surface area (Å²) in [6, 6.07) is 7.84. The van der Waals surface area contributed by atoms with Gasteiger partial charge in [-0.1, -0.05) is 36.9 Å². The summed E-state index contributed by atoms with van der Waals surface area (Å²) in [6.45, 7) is 1.19. The number of carbonyl (C=O) groups excluding carboxylic acids is 1. The summed E-state index contributed by atoms with van der Waals surface area (Å²) in [6.07, 6.45) is 2.71. The molecule has 1 aliphatic rings. The van der Waals surface area contributed by atoms with Crippen LogP contribution in [-0.2, 0) is 43.9 Å². The van der Waals surface area contributed by atoms with E-state index in [2.05, 4.69) is 5.32 Å². The molecule has 0 fully saturated rings. The molecule has 1 aromatic carbocycles. The van der Waals surface area contributed by atoms with Crippen LogP contribution in [0.4, 0.5) is 0 Å². The second-order valence-corrected chi connectivity index (χ2v) is 3.34. The van der Waals surface area contributed by atoms with Crippen molar-refractivity contribution in [1.29, 1.82) is 0 Å². The number of amides is 1. The van der Waals surface area contributed by atoms with E-state index in [1.165, 1.54) is 12.1 Å². The van der Waals surface area contributed by atoms with Crippen LogP contribution in [0.3, 0.4) is 0 Å². The molecule has 78 valence electrons. The van der Waals surface area contributed by atoms with Gasteiger partial charge >= 0.3 is 32.7 Å². The van der Waals surface area contributed by atoms with E-state index >= 15 is 0 Å². The number of fused-ring (bicyclic) bond motifs is 1. The van der Waals surface area contributed by atoms with Crippen LogP contribution in [0.1, 0.15) is 11.1 Å². The van der Waals surface area contributed by atoms with E-state index in [-0.39, 0.29) is 45.2 Å². The van der Waals surface area contributed by atoms with Gasteiger partial charge in [0.1, 0.15) is 0 Å². The molecule has 2 rings (SSSR count). The Morgan fingerprint density at radius 3 is 2.94 bits per heavy atom. The summed E-state index contributed by atoms with van der Waals surface area (Å²) >= 11 is 0. The quantitative estimate of drug-likeness (QED) is 0.813. The van der Waals surface area contributed by atoms with E-state index in [0.717, 1.165) is 12.0 Å². The molecule has 2 N–H and O–H groups in total. The van der Waals surface area contributed by atoms with Gasteiger partial charge < -0.3 is 10.4 Å². The number of hydrogen-bond acceptors (Lipinski definition) is 2. The number of rotatable bonds is 3. The summed E-state index contributed by atoms with van der Waals surface area (Å²) in [5.41, 5.74) is 2.85. The number of allylic oxidation sites excluding steroid dienone is 1. The van der Waals surface area contributed by atoms with Gasteiger partial charge in [-0.2, -0.15) is 0 Å². The second-order valence-electron chi connectivity index (χ2n) is 3.34. The predicted octanol–water partition coefficient (Wildman–Crippen LogP) is 0.894. The van der Waals surface area contributed by atoms with Crippen LogP contribution in [-0.4, -0.2) is 17.6 Å². The summed E-state index contributed by atoms with van der Waals surface area (Å²) in [7, 11) is 0. The number of aliphatic hydroxyl groups excluding tert-OH is 1. The molecule has 0 heterocycles. The molecule has 0 atom stereocenters. The van der Waals surface area contributed by atoms with Crippen LogP contribution in [0, 0.1) is 6.54 Å². The van der Waals surface area contributed by atoms with Gasteiger partial charge in [0, 0.05) is 5.57 Å². The Bertz CT molecular complexity index is 415. The molecular weight excluding hydrogens is 279 g/mol. The van der Waals surface area contributed by atoms with Crippen LogP contribution in [0.25, 0.3) is 5.57 Å². The zero-order valence-electron chi connectivity index (χ0n) is 8.81. The van der Waals surface area contributed by atoms with Gasteiger partial charge in [-0.3, -0.25) is 4.79 Å². The Kier molecular flexibility index (Phi) is 5.32. The molecule has 1 amide bonds. The third-order valence-corrected chi connectivity index (χ3v) is 2.40. The first-order valence-corrected chi connectivity index (χ1v) is 4.85. The molecule has 4 heteroatoms. The standard InChI is InChI=1S/C12H12NO2.Y/c14-8-7-13-12(15)11-6-5-9-3-1-2-4-10(9)11;/h1-4,6-7,14H,5,8H2,(H,13,15);/q-1;+3. The van der Waals surface area contributed by atoms with Crippen molar-refractivity contribution in [3.05, 3.63) is 48.0 Å². The van der Waals surface area contributed by atoms with Crippen LogP contribution >= 0.6 is 0 Å². The minimum Gasteiger partial charge on any atom is -0.499 e. The minimum absolute atomic E-state index is 0. The Morgan fingerprint density at radius 1 is 1.44 bits per heavy atom. The number of benzene rings is 1. The van der Waals surface area contributed by atoms with Crippen molar-refractivity contribution in [2.75, 3.05) is 6.61 Å². The van der Waals surface area contributed by atoms with Gasteiger partial charge in [0.25, 0.3) is 0 Å². The average molecular weight is 291 g/mol. The number of hydrogen-bond donors (Lipinski definition) is 2. The van der Waals surface area contributed by atoms with Crippen molar-refractivity contribution in [1.82, 2.24) is 5.32 Å². The van der Waals surface area contributed by atoms with Crippen LogP contribution in [0.15, 0.2) is 30.3 Å². The van der Waals surface area contributed by atoms with E-state index in [9.17, 15) is 4.79 Å². The first kappa shape index (κ1) is 13.6. The van der Waals surface area contributed by atoms with Crippen molar-refractivity contribution in [2.45, 2.75) is 6.42 Å². The molecule has 0 saturated carbocycles. The SMILES string of the molecule is O=C(N[CH-]CO)C1=CCc2ccccc21.[Y+3]. The summed E-state index contributed by atoms with van der Waals surface area (Å²) in [4.78, 5) is 11.6. The molecule has 0 aliphatic heterocycles. The molecule has 0 aromatic heterocycles. The molecule has 0 unspecified atom stereocenters. The van der Waals surface area contributed by atoms with Crippen molar-refractivity contribution >= 4 is 11.5 Å². The third kappa shape index (κ3) is 2.79. The molecule has 0 radical (unpaired) electrons. The summed E-state index contributed by atoms with van der Waals surface area (Å²) < 4.78 is 0. The van der Waals surface area contributed by atoms with Crippen LogP contribution in [0.5, 0.6) is 0 Å². The minimum atomic E-state index is -0.158. The van der Waals surface area contributed by atoms with Crippen molar-refractivity contribution < 1.29 is 42.6 Å². The smallest absolute Gasteiger partial charge is 0.499 e. The van der Waals surface area contributed by atoms with Gasteiger partial charge in [-0.15, -0.1) is 0 Å². The van der Waals surface area contributed by atoms with Gasteiger partial charge in [-0.25, -0.2) is 6.54 Å². The topological polar surface area (TPSA) is 49.3 Å². The molecular formula is C12H12NO2Y+2. The van der Waals surface area contributed by atoms with Crippen molar-refractivity contribution in [3.8, 4) is 0 Å². The second kappa shape index (κ2) is 6.28. The zero-order valence-corrected chi connectivity index (χ0v) is 11.6. The van der Waals surface area contributed by atoms with Gasteiger partial charge in [0.15, 0.2) is 0 Å². The Morgan fingerprint density at radius 2 is 2.19 bits per heavy atom. The zero-order chi connectivity index (χ0) is 10.7. The maximum Gasteiger partial charge on any atom is 3.00 e. The number of nitrogens with one attached hydrogen (secondary N) is 1. The largest absolute Gasteiger partial charge is 3.00 e. The molecule has 0 bridgehead atoms. The first-order valence-electron chi connectivity index (χ1n) is 4.85. The predicted molar refractivity (Wildman–Crippen MR) is 57.7 cm³/mol. The Hall–Kier alpha value is -0.506. The monoisotopic (exact) mass is 291 g/mol. The molecule has 16 heavy (non-hydrogen) atoms. The fourth-order valence-electron chi connectivity index (χ4n) is 1.71. The molecule has 1 aliphatic carbocycles. The fraction of sp³-hybridized carbons (Fsp3) is 0.167. The maximum absolute atomic E-state index is 11.6. The van der Waals surface area contributed by atoms with E-state index in [1.54, 1.807) is 0 Å². The van der Waals surface area contributed by atoms with Crippen molar-refractivity contribution in [2.24, 2.45) is 0 Å². The van der Waals surface area contributed by atoms with E-state index < -0.39 is 0 Å². The van der Waals surface area contributed by atoms with E-state index in [0.29, 0.717) is 5.57 Å². The normalized spacial score (nSPS) is 12.4. The third-order valence-electron chi connectivity index (χ3n) is 2.40. The number of carbonyl (C=O) groups is 1. The maximum atomic E-state index is 11.6. The molecule has 1 aromatic rings. The van der Waals surface area contributed by atoms with Crippen molar-refractivity contribution in [3.63, 3.8) is 0 Å². The first-order chi connectivity index (χ1) is 7.33. The molecule has 0 saturated heterocycles. The Balaban J connectivity index is 0.00000128. The van der Waals surface area contributed by atoms with Crippen LogP contribution < -0.4 is 5.32 Å². The molecule has 0 spiro atoms.